The molecule has 0 saturated heterocycles. The van der Waals surface area contributed by atoms with E-state index in [9.17, 15) is 0 Å². The number of rotatable bonds is 10. The molecule has 0 aliphatic rings. The second kappa shape index (κ2) is 8.97. The van der Waals surface area contributed by atoms with Gasteiger partial charge >= 0.3 is 0 Å². The Bertz CT molecular complexity index is 174. The maximum Gasteiger partial charge on any atom is -0.00260 e. The summed E-state index contributed by atoms with van der Waals surface area (Å²) in [6.45, 7) is 13.1. The fourth-order valence-corrected chi connectivity index (χ4v) is 3.03. The fourth-order valence-electron chi connectivity index (χ4n) is 3.03. The first-order valence-electron chi connectivity index (χ1n) is 7.56. The fraction of sp³-hybridized carbons (Fsp3) is 1.00. The summed E-state index contributed by atoms with van der Waals surface area (Å²) in [5.74, 6) is 1.72. The SMILES string of the molecule is CCC[C@@H](C)CCCC(C)(C)CC(C)CNC. The highest BCUT2D eigenvalue weighted by Gasteiger charge is 2.20. The van der Waals surface area contributed by atoms with Gasteiger partial charge in [-0.2, -0.15) is 0 Å². The molecule has 0 aromatic carbocycles. The maximum absolute atomic E-state index is 3.28. The van der Waals surface area contributed by atoms with Crippen LogP contribution in [-0.4, -0.2) is 13.6 Å². The van der Waals surface area contributed by atoms with Crippen molar-refractivity contribution < 1.29 is 0 Å². The lowest BCUT2D eigenvalue weighted by molar-refractivity contribution is 0.240. The van der Waals surface area contributed by atoms with Gasteiger partial charge in [-0.1, -0.05) is 60.3 Å². The van der Waals surface area contributed by atoms with Crippen LogP contribution in [0.3, 0.4) is 0 Å². The predicted molar refractivity (Wildman–Crippen MR) is 79.4 cm³/mol. The topological polar surface area (TPSA) is 12.0 Å². The van der Waals surface area contributed by atoms with Gasteiger partial charge in [-0.05, 0) is 43.7 Å². The normalized spacial score (nSPS) is 15.9. The molecule has 1 nitrogen and oxygen atoms in total. The van der Waals surface area contributed by atoms with Gasteiger partial charge in [0.1, 0.15) is 0 Å². The Morgan fingerprint density at radius 3 is 2.24 bits per heavy atom. The molecule has 1 N–H and O–H groups in total. The van der Waals surface area contributed by atoms with E-state index in [-0.39, 0.29) is 0 Å². The van der Waals surface area contributed by atoms with E-state index in [0.717, 1.165) is 18.4 Å². The molecule has 0 heterocycles. The molecular formula is C16H35N. The van der Waals surface area contributed by atoms with Gasteiger partial charge in [-0.15, -0.1) is 0 Å². The van der Waals surface area contributed by atoms with Gasteiger partial charge in [-0.3, -0.25) is 0 Å². The molecule has 0 amide bonds. The summed E-state index contributed by atoms with van der Waals surface area (Å²) in [4.78, 5) is 0. The number of hydrogen-bond acceptors (Lipinski definition) is 1. The van der Waals surface area contributed by atoms with Crippen LogP contribution in [0.4, 0.5) is 0 Å². The highest BCUT2D eigenvalue weighted by Crippen LogP contribution is 2.32. The van der Waals surface area contributed by atoms with Gasteiger partial charge in [-0.25, -0.2) is 0 Å². The molecule has 0 spiro atoms. The standard InChI is InChI=1S/C16H35N/c1-7-9-14(2)10-8-11-16(4,5)12-15(3)13-17-6/h14-15,17H,7-13H2,1-6H3/t14-,15?/m1/s1. The highest BCUT2D eigenvalue weighted by molar-refractivity contribution is 4.73. The van der Waals surface area contributed by atoms with E-state index in [4.69, 9.17) is 0 Å². The summed E-state index contributed by atoms with van der Waals surface area (Å²) in [6, 6.07) is 0. The molecule has 0 aromatic rings. The first-order valence-corrected chi connectivity index (χ1v) is 7.56. The molecule has 0 saturated carbocycles. The second-order valence-corrected chi connectivity index (χ2v) is 6.82. The van der Waals surface area contributed by atoms with Gasteiger partial charge in [0.2, 0.25) is 0 Å². The lowest BCUT2D eigenvalue weighted by atomic mass is 9.78. The molecule has 0 fully saturated rings. The van der Waals surface area contributed by atoms with E-state index >= 15 is 0 Å². The van der Waals surface area contributed by atoms with Crippen molar-refractivity contribution in [2.45, 2.75) is 73.1 Å². The van der Waals surface area contributed by atoms with E-state index < -0.39 is 0 Å². The average molecular weight is 241 g/mol. The molecule has 1 unspecified atom stereocenters. The third-order valence-corrected chi connectivity index (χ3v) is 3.79. The van der Waals surface area contributed by atoms with Crippen LogP contribution in [0.25, 0.3) is 0 Å². The molecular weight excluding hydrogens is 206 g/mol. The van der Waals surface area contributed by atoms with Gasteiger partial charge in [0, 0.05) is 0 Å². The average Bonchev–Trinajstić information content (AvgIpc) is 2.16. The Hall–Kier alpha value is -0.0400. The third kappa shape index (κ3) is 9.64. The number of hydrogen-bond donors (Lipinski definition) is 1. The number of nitrogens with one attached hydrogen (secondary N) is 1. The predicted octanol–water partition coefficient (Wildman–Crippen LogP) is 4.86. The molecule has 0 aliphatic heterocycles. The Kier molecular flexibility index (Phi) is 8.94. The third-order valence-electron chi connectivity index (χ3n) is 3.79. The van der Waals surface area contributed by atoms with E-state index in [1.807, 2.05) is 0 Å². The summed E-state index contributed by atoms with van der Waals surface area (Å²) in [7, 11) is 2.05. The monoisotopic (exact) mass is 241 g/mol. The van der Waals surface area contributed by atoms with Crippen molar-refractivity contribution in [2.75, 3.05) is 13.6 Å². The van der Waals surface area contributed by atoms with Crippen LogP contribution < -0.4 is 5.32 Å². The van der Waals surface area contributed by atoms with E-state index in [0.29, 0.717) is 5.41 Å². The molecule has 0 radical (unpaired) electrons. The summed E-state index contributed by atoms with van der Waals surface area (Å²) >= 11 is 0. The molecule has 1 heteroatoms. The van der Waals surface area contributed by atoms with Crippen molar-refractivity contribution in [1.29, 1.82) is 0 Å². The molecule has 0 rings (SSSR count). The lowest BCUT2D eigenvalue weighted by Gasteiger charge is -2.28. The molecule has 0 bridgehead atoms. The van der Waals surface area contributed by atoms with Crippen molar-refractivity contribution in [1.82, 2.24) is 5.32 Å². The zero-order valence-corrected chi connectivity index (χ0v) is 13.1. The summed E-state index contributed by atoms with van der Waals surface area (Å²) in [5, 5.41) is 3.28. The minimum atomic E-state index is 0.516. The van der Waals surface area contributed by atoms with Crippen molar-refractivity contribution >= 4 is 0 Å². The van der Waals surface area contributed by atoms with Crippen molar-refractivity contribution in [3.05, 3.63) is 0 Å². The summed E-state index contributed by atoms with van der Waals surface area (Å²) in [6.07, 6.45) is 8.28. The van der Waals surface area contributed by atoms with Gasteiger partial charge in [0.15, 0.2) is 0 Å². The van der Waals surface area contributed by atoms with Crippen LogP contribution in [0.5, 0.6) is 0 Å². The Labute approximate surface area is 110 Å². The molecule has 2 atom stereocenters. The van der Waals surface area contributed by atoms with Gasteiger partial charge in [0.25, 0.3) is 0 Å². The van der Waals surface area contributed by atoms with E-state index in [1.165, 1.54) is 38.5 Å². The lowest BCUT2D eigenvalue weighted by Crippen LogP contribution is -2.23. The smallest absolute Gasteiger partial charge is 0.00260 e. The highest BCUT2D eigenvalue weighted by atomic mass is 14.8. The van der Waals surface area contributed by atoms with E-state index in [2.05, 4.69) is 47.0 Å². The van der Waals surface area contributed by atoms with Crippen molar-refractivity contribution in [2.24, 2.45) is 17.3 Å². The van der Waals surface area contributed by atoms with Crippen LogP contribution in [0.1, 0.15) is 73.1 Å². The molecule has 0 aliphatic carbocycles. The van der Waals surface area contributed by atoms with E-state index in [1.54, 1.807) is 0 Å². The Morgan fingerprint density at radius 1 is 1.06 bits per heavy atom. The molecule has 17 heavy (non-hydrogen) atoms. The van der Waals surface area contributed by atoms with Gasteiger partial charge in [0.05, 0.1) is 0 Å². The zero-order chi connectivity index (χ0) is 13.3. The molecule has 0 aromatic heterocycles. The minimum absolute atomic E-state index is 0.516. The summed E-state index contributed by atoms with van der Waals surface area (Å²) in [5.41, 5.74) is 0.516. The summed E-state index contributed by atoms with van der Waals surface area (Å²) < 4.78 is 0. The van der Waals surface area contributed by atoms with Gasteiger partial charge < -0.3 is 5.32 Å². The van der Waals surface area contributed by atoms with Crippen LogP contribution in [-0.2, 0) is 0 Å². The van der Waals surface area contributed by atoms with Crippen molar-refractivity contribution in [3.8, 4) is 0 Å². The Morgan fingerprint density at radius 2 is 1.71 bits per heavy atom. The van der Waals surface area contributed by atoms with Crippen molar-refractivity contribution in [3.63, 3.8) is 0 Å². The van der Waals surface area contributed by atoms with Crippen LogP contribution in [0.2, 0.25) is 0 Å². The molecule has 104 valence electrons. The quantitative estimate of drug-likeness (QED) is 0.575. The Balaban J connectivity index is 3.76. The van der Waals surface area contributed by atoms with Crippen LogP contribution in [0.15, 0.2) is 0 Å². The second-order valence-electron chi connectivity index (χ2n) is 6.82. The first kappa shape index (κ1) is 17.0. The van der Waals surface area contributed by atoms with Crippen LogP contribution in [0, 0.1) is 17.3 Å². The minimum Gasteiger partial charge on any atom is -0.319 e. The first-order chi connectivity index (χ1) is 7.91. The van der Waals surface area contributed by atoms with Crippen LogP contribution >= 0.6 is 0 Å². The zero-order valence-electron chi connectivity index (χ0n) is 13.1. The largest absolute Gasteiger partial charge is 0.319 e. The maximum atomic E-state index is 3.28.